The summed E-state index contributed by atoms with van der Waals surface area (Å²) in [6.45, 7) is 0. The molecule has 0 fully saturated rings. The Bertz CT molecular complexity index is 8.00. The molecule has 0 spiro atoms. The third-order valence-corrected chi connectivity index (χ3v) is 0. The van der Waals surface area contributed by atoms with Gasteiger partial charge < -0.3 is 0 Å². The minimum absolute atomic E-state index is 0.0556. The second-order valence-corrected chi connectivity index (χ2v) is 0. The molecule has 0 unspecified atom stereocenters. The molecule has 0 amide bonds. The summed E-state index contributed by atoms with van der Waals surface area (Å²) in [5.74, 6) is 0. The molecular formula is CeMoO2. The average molecular weight is 268 g/mol. The Morgan fingerprint density at radius 2 is 1.25 bits per heavy atom. The van der Waals surface area contributed by atoms with E-state index in [1.165, 1.54) is 0 Å². The predicted octanol–water partition coefficient (Wildman–Crippen LogP) is -0.240. The van der Waals surface area contributed by atoms with Gasteiger partial charge >= 0.3 is 63.9 Å². The van der Waals surface area contributed by atoms with Gasteiger partial charge in [0.1, 0.15) is 0 Å². The molecule has 0 rings (SSSR count). The first-order valence-electron chi connectivity index (χ1n) is 0.371. The van der Waals surface area contributed by atoms with Crippen LogP contribution in [0.5, 0.6) is 0 Å². The Balaban J connectivity index is 0. The van der Waals surface area contributed by atoms with Crippen LogP contribution in [0.1, 0.15) is 0 Å². The van der Waals surface area contributed by atoms with E-state index in [2.05, 4.69) is 0 Å². The maximum atomic E-state index is 8.39. The summed E-state index contributed by atoms with van der Waals surface area (Å²) in [6, 6.07) is 0. The molecule has 0 aromatic carbocycles. The summed E-state index contributed by atoms with van der Waals surface area (Å²) in [4.78, 5) is 0. The van der Waals surface area contributed by atoms with Gasteiger partial charge in [-0.15, -0.1) is 0 Å². The van der Waals surface area contributed by atoms with Crippen molar-refractivity contribution in [3.63, 3.8) is 0 Å². The van der Waals surface area contributed by atoms with Gasteiger partial charge in [-0.3, -0.25) is 0 Å². The van der Waals surface area contributed by atoms with Crippen LogP contribution < -0.4 is 0 Å². The predicted molar refractivity (Wildman–Crippen MR) is 1.37 cm³/mol. The van der Waals surface area contributed by atoms with Gasteiger partial charge in [-0.05, 0) is 0 Å². The Labute approximate surface area is 62.7 Å². The molecule has 0 saturated carbocycles. The summed E-state index contributed by atoms with van der Waals surface area (Å²) in [7, 11) is 0. The topological polar surface area (TPSA) is 34.1 Å². The second kappa shape index (κ2) is 22.6. The summed E-state index contributed by atoms with van der Waals surface area (Å²) in [5.41, 5.74) is 0. The Morgan fingerprint density at radius 1 is 1.25 bits per heavy atom. The summed E-state index contributed by atoms with van der Waals surface area (Å²) in [5, 5.41) is 0. The zero-order valence-electron chi connectivity index (χ0n) is 1.72. The normalized spacial score (nSPS) is 1.75. The van der Waals surface area contributed by atoms with Gasteiger partial charge in [-0.2, -0.15) is 0 Å². The molecule has 4 heteroatoms. The molecule has 0 aliphatic rings. The van der Waals surface area contributed by atoms with E-state index in [0.717, 1.165) is 0 Å². The van der Waals surface area contributed by atoms with Crippen LogP contribution >= 0.6 is 0 Å². The molecule has 2 nitrogen and oxygen atoms in total. The van der Waals surface area contributed by atoms with Crippen molar-refractivity contribution in [1.29, 1.82) is 0 Å². The molecule has 0 aliphatic heterocycles. The van der Waals surface area contributed by atoms with E-state index in [1.54, 1.807) is 0 Å². The first-order valence-corrected chi connectivity index (χ1v) is 2.47. The maximum absolute atomic E-state index is 8.39. The summed E-state index contributed by atoms with van der Waals surface area (Å²) >= 11 is 0.756. The summed E-state index contributed by atoms with van der Waals surface area (Å²) in [6.07, 6.45) is 0. The van der Waals surface area contributed by atoms with Gasteiger partial charge in [-0.1, -0.05) is 0 Å². The fraction of sp³-hybridized carbons (Fsp3) is 0. The summed E-state index contributed by atoms with van der Waals surface area (Å²) < 4.78 is 16.6. The van der Waals surface area contributed by atoms with E-state index in [-0.39, 0.29) is 39.8 Å². The van der Waals surface area contributed by atoms with Crippen LogP contribution in [0.15, 0.2) is 0 Å². The van der Waals surface area contributed by atoms with Crippen LogP contribution in [0.2, 0.25) is 0 Å². The molecule has 0 aliphatic carbocycles. The Hall–Kier alpha value is 1.66. The fourth-order valence-corrected chi connectivity index (χ4v) is 0. The van der Waals surface area contributed by atoms with Crippen LogP contribution in [-0.4, -0.2) is 0 Å². The molecule has 22 valence electrons. The van der Waals surface area contributed by atoms with Crippen LogP contribution in [0.4, 0.5) is 0 Å². The van der Waals surface area contributed by atoms with E-state index in [4.69, 9.17) is 4.34 Å². The third-order valence-electron chi connectivity index (χ3n) is 0. The zero-order chi connectivity index (χ0) is 4.00. The van der Waals surface area contributed by atoms with Crippen LogP contribution in [0.3, 0.4) is 0 Å². The van der Waals surface area contributed by atoms with Crippen molar-refractivity contribution < 1.29 is 63.9 Å². The molecule has 0 heterocycles. The van der Waals surface area contributed by atoms with E-state index in [1.807, 2.05) is 0 Å². The van der Waals surface area contributed by atoms with Crippen molar-refractivity contribution in [2.24, 2.45) is 0 Å². The Kier molecular flexibility index (Phi) is 51.9. The van der Waals surface area contributed by atoms with E-state index >= 15 is 0 Å². The van der Waals surface area contributed by atoms with Crippen molar-refractivity contribution in [2.75, 3.05) is 0 Å². The third kappa shape index (κ3) is 9.39. The number of hydrogen-bond donors (Lipinski definition) is 0. The van der Waals surface area contributed by atoms with E-state index in [0.29, 0.717) is 19.8 Å². The Morgan fingerprint density at radius 3 is 1.25 bits per heavy atom. The first kappa shape index (κ1) is 9.18. The van der Waals surface area contributed by atoms with Gasteiger partial charge in [0.05, 0.1) is 0 Å². The van der Waals surface area contributed by atoms with Gasteiger partial charge in [-0.25, -0.2) is 0 Å². The van der Waals surface area contributed by atoms with Crippen molar-refractivity contribution >= 4 is 0 Å². The number of rotatable bonds is 0. The molecule has 0 radical (unpaired) electrons. The van der Waals surface area contributed by atoms with Gasteiger partial charge in [0, 0.05) is 0 Å². The van der Waals surface area contributed by atoms with E-state index < -0.39 is 0 Å². The molecule has 0 aromatic heterocycles. The minimum atomic E-state index is 0.0556. The van der Waals surface area contributed by atoms with Crippen LogP contribution in [0.25, 0.3) is 0 Å². The average Bonchev–Trinajstić information content (AvgIpc) is 1.50. The van der Waals surface area contributed by atoms with Gasteiger partial charge in [0.25, 0.3) is 0 Å². The quantitative estimate of drug-likeness (QED) is 0.568. The molecule has 4 heavy (non-hydrogen) atoms. The van der Waals surface area contributed by atoms with E-state index in [9.17, 15) is 0 Å². The first-order chi connectivity index (χ1) is 2.00. The molecular weight excluding hydrogens is 268 g/mol. The van der Waals surface area contributed by atoms with Crippen LogP contribution in [0, 0.1) is 39.8 Å². The molecule has 0 aromatic rings. The van der Waals surface area contributed by atoms with Crippen molar-refractivity contribution in [3.05, 3.63) is 0 Å². The van der Waals surface area contributed by atoms with Crippen molar-refractivity contribution in [3.8, 4) is 0 Å². The van der Waals surface area contributed by atoms with Crippen LogP contribution in [-0.2, 0) is 24.1 Å². The van der Waals surface area contributed by atoms with Crippen molar-refractivity contribution in [2.45, 2.75) is 0 Å². The SMILES string of the molecule is [O]=[Ce].[O]=[Mo]. The molecule has 0 N–H and O–H groups in total. The van der Waals surface area contributed by atoms with Gasteiger partial charge in [0.2, 0.25) is 0 Å². The fourth-order valence-electron chi connectivity index (χ4n) is 0. The molecule has 0 atom stereocenters. The second-order valence-electron chi connectivity index (χ2n) is 0. The zero-order valence-corrected chi connectivity index (χ0v) is 6.87. The standard InChI is InChI=1S/Ce.Mo.2O. The molecule has 0 bridgehead atoms. The van der Waals surface area contributed by atoms with Gasteiger partial charge in [0.15, 0.2) is 0 Å². The van der Waals surface area contributed by atoms with Crippen molar-refractivity contribution in [1.82, 2.24) is 0 Å². The number of hydrogen-bond acceptors (Lipinski definition) is 2. The monoisotopic (exact) mass is 270 g/mol. The molecule has 0 saturated heterocycles.